The highest BCUT2D eigenvalue weighted by Crippen LogP contribution is 2.24. The van der Waals surface area contributed by atoms with Crippen LogP contribution in [0.2, 0.25) is 0 Å². The number of hydrogen-bond acceptors (Lipinski definition) is 3. The van der Waals surface area contributed by atoms with Crippen molar-refractivity contribution in [2.24, 2.45) is 0 Å². The van der Waals surface area contributed by atoms with Gasteiger partial charge in [0.1, 0.15) is 5.75 Å². The second-order valence-electron chi connectivity index (χ2n) is 4.12. The number of quaternary nitrogens is 1. The third-order valence-electron chi connectivity index (χ3n) is 3.05. The van der Waals surface area contributed by atoms with E-state index in [9.17, 15) is 9.59 Å². The SMILES string of the molecule is [CH][N+]1(C(=O)c2ccc(OC)cc2)CCCC1=O. The monoisotopic (exact) mass is 232 g/mol. The highest BCUT2D eigenvalue weighted by Gasteiger charge is 2.45. The van der Waals surface area contributed by atoms with Crippen molar-refractivity contribution in [1.82, 2.24) is 0 Å². The lowest BCUT2D eigenvalue weighted by molar-refractivity contribution is -0.714. The van der Waals surface area contributed by atoms with Gasteiger partial charge in [-0.1, -0.05) is 0 Å². The van der Waals surface area contributed by atoms with Gasteiger partial charge in [-0.15, -0.1) is 0 Å². The predicted molar refractivity (Wildman–Crippen MR) is 61.0 cm³/mol. The highest BCUT2D eigenvalue weighted by molar-refractivity contribution is 5.96. The number of rotatable bonds is 2. The zero-order valence-corrected chi connectivity index (χ0v) is 9.68. The number of benzene rings is 1. The summed E-state index contributed by atoms with van der Waals surface area (Å²) in [6, 6.07) is 6.61. The lowest BCUT2D eigenvalue weighted by atomic mass is 10.1. The Bertz CT molecular complexity index is 452. The fourth-order valence-electron chi connectivity index (χ4n) is 1.98. The molecule has 1 atom stereocenters. The number of carbonyl (C=O) groups excluding carboxylic acids is 2. The molecule has 0 aromatic heterocycles. The van der Waals surface area contributed by atoms with Gasteiger partial charge in [-0.3, -0.25) is 0 Å². The number of methoxy groups -OCH3 is 1. The zero-order chi connectivity index (χ0) is 12.5. The van der Waals surface area contributed by atoms with E-state index in [1.54, 1.807) is 31.4 Å². The molecule has 1 aliphatic rings. The summed E-state index contributed by atoms with van der Waals surface area (Å²) in [6.45, 7) is 0.379. The van der Waals surface area contributed by atoms with E-state index >= 15 is 0 Å². The van der Waals surface area contributed by atoms with Crippen LogP contribution in [0.5, 0.6) is 5.75 Å². The molecule has 1 fully saturated rings. The molecule has 0 spiro atoms. The first-order valence-corrected chi connectivity index (χ1v) is 5.47. The van der Waals surface area contributed by atoms with Gasteiger partial charge in [0.2, 0.25) is 7.05 Å². The Labute approximate surface area is 100 Å². The lowest BCUT2D eigenvalue weighted by Crippen LogP contribution is -2.48. The smallest absolute Gasteiger partial charge is 0.353 e. The van der Waals surface area contributed by atoms with Crippen molar-refractivity contribution in [3.8, 4) is 5.75 Å². The summed E-state index contributed by atoms with van der Waals surface area (Å²) in [5.74, 6) is 0.0961. The third-order valence-corrected chi connectivity index (χ3v) is 3.05. The standard InChI is InChI=1S/C13H14NO3/c1-14(9-3-4-12(14)15)13(16)10-5-7-11(17-2)8-6-10/h1,5-8H,3-4,9H2,2H3/q+1. The number of imide groups is 1. The predicted octanol–water partition coefficient (Wildman–Crippen LogP) is 1.64. The van der Waals surface area contributed by atoms with Crippen molar-refractivity contribution in [3.05, 3.63) is 36.9 Å². The fourth-order valence-corrected chi connectivity index (χ4v) is 1.98. The number of ether oxygens (including phenoxy) is 1. The lowest BCUT2D eigenvalue weighted by Gasteiger charge is -2.21. The Morgan fingerprint density at radius 1 is 1.35 bits per heavy atom. The molecule has 2 amide bonds. The average Bonchev–Trinajstić information content (AvgIpc) is 2.70. The largest absolute Gasteiger partial charge is 0.497 e. The summed E-state index contributed by atoms with van der Waals surface area (Å²) in [4.78, 5) is 23.8. The number of amides is 2. The van der Waals surface area contributed by atoms with Crippen molar-refractivity contribution in [2.45, 2.75) is 12.8 Å². The first-order chi connectivity index (χ1) is 8.08. The van der Waals surface area contributed by atoms with Gasteiger partial charge < -0.3 is 4.74 Å². The molecule has 0 aliphatic carbocycles. The van der Waals surface area contributed by atoms with Gasteiger partial charge in [0.25, 0.3) is 0 Å². The first-order valence-electron chi connectivity index (χ1n) is 5.47. The summed E-state index contributed by atoms with van der Waals surface area (Å²) < 4.78 is 4.40. The van der Waals surface area contributed by atoms with Gasteiger partial charge in [0, 0.05) is 6.42 Å². The Morgan fingerprint density at radius 2 is 2.00 bits per heavy atom. The van der Waals surface area contributed by atoms with Crippen LogP contribution in [0.25, 0.3) is 0 Å². The maximum atomic E-state index is 12.2. The molecule has 1 aromatic rings. The van der Waals surface area contributed by atoms with Crippen LogP contribution in [0.1, 0.15) is 23.2 Å². The van der Waals surface area contributed by atoms with Crippen molar-refractivity contribution >= 4 is 11.8 Å². The summed E-state index contributed by atoms with van der Waals surface area (Å²) in [6.07, 6.45) is 1.04. The van der Waals surface area contributed by atoms with Crippen molar-refractivity contribution < 1.29 is 18.8 Å². The molecule has 1 heterocycles. The number of carbonyl (C=O) groups is 2. The maximum absolute atomic E-state index is 12.2. The Balaban J connectivity index is 2.27. The van der Waals surface area contributed by atoms with Crippen LogP contribution in [-0.4, -0.2) is 30.0 Å². The van der Waals surface area contributed by atoms with E-state index in [-0.39, 0.29) is 11.8 Å². The summed E-state index contributed by atoms with van der Waals surface area (Å²) in [5, 5.41) is 0. The van der Waals surface area contributed by atoms with Crippen molar-refractivity contribution in [1.29, 1.82) is 0 Å². The van der Waals surface area contributed by atoms with Gasteiger partial charge in [-0.2, -0.15) is 4.48 Å². The van der Waals surface area contributed by atoms with Crippen LogP contribution in [0.15, 0.2) is 24.3 Å². The van der Waals surface area contributed by atoms with Crippen molar-refractivity contribution in [3.63, 3.8) is 0 Å². The van der Waals surface area contributed by atoms with Crippen LogP contribution >= 0.6 is 0 Å². The minimum absolute atomic E-state index is 0.217. The van der Waals surface area contributed by atoms with Crippen LogP contribution < -0.4 is 4.74 Å². The molecule has 2 rings (SSSR count). The van der Waals surface area contributed by atoms with E-state index in [4.69, 9.17) is 11.8 Å². The summed E-state index contributed by atoms with van der Waals surface area (Å²) >= 11 is 0. The Hall–Kier alpha value is -1.68. The molecule has 1 aromatic carbocycles. The molecule has 2 radical (unpaired) electrons. The zero-order valence-electron chi connectivity index (χ0n) is 9.68. The minimum atomic E-state index is -0.605. The fraction of sp³-hybridized carbons (Fsp3) is 0.308. The van der Waals surface area contributed by atoms with E-state index in [1.165, 1.54) is 0 Å². The third kappa shape index (κ3) is 1.96. The van der Waals surface area contributed by atoms with Gasteiger partial charge in [-0.25, -0.2) is 9.59 Å². The van der Waals surface area contributed by atoms with Gasteiger partial charge >= 0.3 is 11.8 Å². The second-order valence-corrected chi connectivity index (χ2v) is 4.12. The molecule has 4 heteroatoms. The summed E-state index contributed by atoms with van der Waals surface area (Å²) in [7, 11) is 7.41. The van der Waals surface area contributed by atoms with E-state index in [1.807, 2.05) is 0 Å². The number of nitrogens with zero attached hydrogens (tertiary/aromatic N) is 1. The van der Waals surface area contributed by atoms with Gasteiger partial charge in [0.05, 0.1) is 25.6 Å². The van der Waals surface area contributed by atoms with Crippen LogP contribution in [0.4, 0.5) is 0 Å². The maximum Gasteiger partial charge on any atom is 0.353 e. The number of hydrogen-bond donors (Lipinski definition) is 0. The summed E-state index contributed by atoms with van der Waals surface area (Å²) in [5.41, 5.74) is 0.434. The first kappa shape index (κ1) is 11.8. The molecule has 4 nitrogen and oxygen atoms in total. The topological polar surface area (TPSA) is 43.4 Å². The van der Waals surface area contributed by atoms with Crippen molar-refractivity contribution in [2.75, 3.05) is 13.7 Å². The molecule has 1 unspecified atom stereocenters. The quantitative estimate of drug-likeness (QED) is 0.575. The van der Waals surface area contributed by atoms with Crippen LogP contribution in [-0.2, 0) is 4.79 Å². The molecule has 0 bridgehead atoms. The van der Waals surface area contributed by atoms with Crippen LogP contribution in [0.3, 0.4) is 0 Å². The van der Waals surface area contributed by atoms with Gasteiger partial charge in [0.15, 0.2) is 0 Å². The molecule has 17 heavy (non-hydrogen) atoms. The van der Waals surface area contributed by atoms with E-state index < -0.39 is 4.48 Å². The van der Waals surface area contributed by atoms with Crippen LogP contribution in [0, 0.1) is 7.05 Å². The van der Waals surface area contributed by atoms with E-state index in [0.717, 1.165) is 0 Å². The highest BCUT2D eigenvalue weighted by atomic mass is 16.5. The Morgan fingerprint density at radius 3 is 2.47 bits per heavy atom. The number of likely N-dealkylation sites (tertiary alicyclic amines) is 1. The normalized spacial score (nSPS) is 23.8. The molecule has 0 saturated carbocycles. The van der Waals surface area contributed by atoms with Gasteiger partial charge in [-0.05, 0) is 24.3 Å². The minimum Gasteiger partial charge on any atom is -0.497 e. The molecular weight excluding hydrogens is 218 g/mol. The molecule has 1 aliphatic heterocycles. The molecular formula is C13H14NO3+. The molecule has 88 valence electrons. The Kier molecular flexibility index (Phi) is 2.98. The van der Waals surface area contributed by atoms with E-state index in [0.29, 0.717) is 30.7 Å². The molecule has 1 saturated heterocycles. The van der Waals surface area contributed by atoms with E-state index in [2.05, 4.69) is 0 Å². The average molecular weight is 232 g/mol. The molecule has 0 N–H and O–H groups in total. The second kappa shape index (κ2) is 4.30.